The van der Waals surface area contributed by atoms with E-state index in [0.717, 1.165) is 32.7 Å². The molecule has 0 amide bonds. The van der Waals surface area contributed by atoms with Crippen LogP contribution in [-0.2, 0) is 6.54 Å². The van der Waals surface area contributed by atoms with E-state index in [1.54, 1.807) is 0 Å². The number of hydrogen-bond donors (Lipinski definition) is 2. The molecule has 0 spiro atoms. The van der Waals surface area contributed by atoms with Gasteiger partial charge in [0.05, 0.1) is 0 Å². The van der Waals surface area contributed by atoms with Crippen LogP contribution in [-0.4, -0.2) is 36.1 Å². The highest BCUT2D eigenvalue weighted by molar-refractivity contribution is 6.07. The molecular weight excluding hydrogens is 246 g/mol. The molecule has 0 radical (unpaired) electrons. The fourth-order valence-electron chi connectivity index (χ4n) is 3.12. The number of hydrogen-bond acceptors (Lipinski definition) is 2. The van der Waals surface area contributed by atoms with Crippen molar-refractivity contribution in [1.29, 1.82) is 0 Å². The lowest BCUT2D eigenvalue weighted by atomic mass is 10.1. The van der Waals surface area contributed by atoms with Crippen LogP contribution in [0.2, 0.25) is 0 Å². The first-order chi connectivity index (χ1) is 9.90. The van der Waals surface area contributed by atoms with Crippen LogP contribution in [0.5, 0.6) is 0 Å². The summed E-state index contributed by atoms with van der Waals surface area (Å²) in [6.07, 6.45) is 0. The van der Waals surface area contributed by atoms with E-state index in [-0.39, 0.29) is 0 Å². The molecule has 0 aliphatic carbocycles. The molecule has 1 aliphatic rings. The monoisotopic (exact) mass is 265 g/mol. The zero-order chi connectivity index (χ0) is 13.4. The van der Waals surface area contributed by atoms with Gasteiger partial charge in [-0.1, -0.05) is 24.3 Å². The van der Waals surface area contributed by atoms with E-state index in [1.165, 1.54) is 27.4 Å². The summed E-state index contributed by atoms with van der Waals surface area (Å²) in [6.45, 7) is 5.56. The highest BCUT2D eigenvalue weighted by Crippen LogP contribution is 2.26. The number of rotatable bonds is 2. The Morgan fingerprint density at radius 1 is 0.900 bits per heavy atom. The number of H-pyrrole nitrogens is 1. The van der Waals surface area contributed by atoms with Crippen molar-refractivity contribution in [3.63, 3.8) is 0 Å². The van der Waals surface area contributed by atoms with E-state index < -0.39 is 0 Å². The Kier molecular flexibility index (Phi) is 2.94. The summed E-state index contributed by atoms with van der Waals surface area (Å²) in [4.78, 5) is 6.01. The first-order valence-corrected chi connectivity index (χ1v) is 7.32. The van der Waals surface area contributed by atoms with Crippen LogP contribution in [0.15, 0.2) is 42.5 Å². The Labute approximate surface area is 118 Å². The predicted molar refractivity (Wildman–Crippen MR) is 84.0 cm³/mol. The van der Waals surface area contributed by atoms with Gasteiger partial charge in [-0.3, -0.25) is 4.90 Å². The Balaban J connectivity index is 1.71. The maximum Gasteiger partial charge on any atom is 0.0465 e. The minimum Gasteiger partial charge on any atom is -0.355 e. The molecule has 0 atom stereocenters. The van der Waals surface area contributed by atoms with Gasteiger partial charge in [-0.25, -0.2) is 0 Å². The van der Waals surface area contributed by atoms with Gasteiger partial charge in [-0.05, 0) is 23.8 Å². The lowest BCUT2D eigenvalue weighted by Crippen LogP contribution is -2.42. The zero-order valence-corrected chi connectivity index (χ0v) is 11.5. The lowest BCUT2D eigenvalue weighted by Gasteiger charge is -2.27. The third-order valence-corrected chi connectivity index (χ3v) is 4.19. The number of nitrogens with zero attached hydrogens (tertiary/aromatic N) is 1. The molecular formula is C17H19N3. The smallest absolute Gasteiger partial charge is 0.0465 e. The van der Waals surface area contributed by atoms with Crippen LogP contribution in [0.25, 0.3) is 21.8 Å². The number of benzene rings is 2. The van der Waals surface area contributed by atoms with Crippen molar-refractivity contribution in [2.75, 3.05) is 26.2 Å². The van der Waals surface area contributed by atoms with Crippen molar-refractivity contribution in [2.24, 2.45) is 0 Å². The van der Waals surface area contributed by atoms with Crippen LogP contribution < -0.4 is 5.32 Å². The number of aromatic amines is 1. The first-order valence-electron chi connectivity index (χ1n) is 7.32. The Morgan fingerprint density at radius 2 is 1.70 bits per heavy atom. The topological polar surface area (TPSA) is 31.1 Å². The highest BCUT2D eigenvalue weighted by Gasteiger charge is 2.11. The van der Waals surface area contributed by atoms with Crippen molar-refractivity contribution < 1.29 is 0 Å². The van der Waals surface area contributed by atoms with Crippen molar-refractivity contribution in [1.82, 2.24) is 15.2 Å². The molecule has 4 rings (SSSR count). The van der Waals surface area contributed by atoms with Gasteiger partial charge in [0.15, 0.2) is 0 Å². The molecule has 0 unspecified atom stereocenters. The minimum absolute atomic E-state index is 1.05. The summed E-state index contributed by atoms with van der Waals surface area (Å²) in [5.74, 6) is 0. The molecule has 20 heavy (non-hydrogen) atoms. The Bertz CT molecular complexity index is 738. The molecule has 1 aromatic heterocycles. The Hall–Kier alpha value is -1.84. The van der Waals surface area contributed by atoms with Crippen LogP contribution >= 0.6 is 0 Å². The first kappa shape index (κ1) is 11.9. The molecule has 1 saturated heterocycles. The van der Waals surface area contributed by atoms with Crippen LogP contribution in [0.1, 0.15) is 5.56 Å². The molecule has 3 heteroatoms. The van der Waals surface area contributed by atoms with E-state index in [1.807, 2.05) is 0 Å². The maximum atomic E-state index is 3.49. The number of para-hydroxylation sites is 1. The highest BCUT2D eigenvalue weighted by atomic mass is 15.2. The molecule has 3 nitrogen and oxygen atoms in total. The summed E-state index contributed by atoms with van der Waals surface area (Å²) in [7, 11) is 0. The second-order valence-electron chi connectivity index (χ2n) is 5.58. The molecule has 0 saturated carbocycles. The van der Waals surface area contributed by atoms with Gasteiger partial charge in [-0.2, -0.15) is 0 Å². The van der Waals surface area contributed by atoms with Crippen LogP contribution in [0.3, 0.4) is 0 Å². The van der Waals surface area contributed by atoms with Gasteiger partial charge in [-0.15, -0.1) is 0 Å². The van der Waals surface area contributed by atoms with Gasteiger partial charge >= 0.3 is 0 Å². The summed E-state index contributed by atoms with van der Waals surface area (Å²) >= 11 is 0. The largest absolute Gasteiger partial charge is 0.355 e. The van der Waals surface area contributed by atoms with Crippen molar-refractivity contribution >= 4 is 21.8 Å². The van der Waals surface area contributed by atoms with Gasteiger partial charge < -0.3 is 10.3 Å². The predicted octanol–water partition coefficient (Wildman–Crippen LogP) is 2.73. The average Bonchev–Trinajstić information content (AvgIpc) is 2.86. The van der Waals surface area contributed by atoms with E-state index in [9.17, 15) is 0 Å². The third-order valence-electron chi connectivity index (χ3n) is 4.19. The second-order valence-corrected chi connectivity index (χ2v) is 5.58. The van der Waals surface area contributed by atoms with Crippen LogP contribution in [0.4, 0.5) is 0 Å². The molecule has 2 aromatic carbocycles. The molecule has 1 fully saturated rings. The molecule has 2 heterocycles. The van der Waals surface area contributed by atoms with E-state index in [2.05, 4.69) is 57.7 Å². The maximum absolute atomic E-state index is 3.49. The fraction of sp³-hybridized carbons (Fsp3) is 0.294. The van der Waals surface area contributed by atoms with Gasteiger partial charge in [0, 0.05) is 54.5 Å². The summed E-state index contributed by atoms with van der Waals surface area (Å²) in [5, 5.41) is 6.07. The number of aromatic nitrogens is 1. The fourth-order valence-corrected chi connectivity index (χ4v) is 3.12. The van der Waals surface area contributed by atoms with E-state index in [4.69, 9.17) is 0 Å². The van der Waals surface area contributed by atoms with Gasteiger partial charge in [0.1, 0.15) is 0 Å². The third kappa shape index (κ3) is 2.09. The number of nitrogens with one attached hydrogen (secondary N) is 2. The second kappa shape index (κ2) is 4.93. The molecule has 2 N–H and O–H groups in total. The SMILES string of the molecule is c1ccc2c(c1)[nH]c1ccc(CN3CCNCC3)cc12. The minimum atomic E-state index is 1.05. The zero-order valence-electron chi connectivity index (χ0n) is 11.5. The quantitative estimate of drug-likeness (QED) is 0.746. The Morgan fingerprint density at radius 3 is 2.60 bits per heavy atom. The molecule has 102 valence electrons. The number of piperazine rings is 1. The summed E-state index contributed by atoms with van der Waals surface area (Å²) < 4.78 is 0. The van der Waals surface area contributed by atoms with Crippen molar-refractivity contribution in [2.45, 2.75) is 6.54 Å². The normalized spacial score (nSPS) is 17.0. The molecule has 0 bridgehead atoms. The summed E-state index contributed by atoms with van der Waals surface area (Å²) in [5.41, 5.74) is 3.86. The van der Waals surface area contributed by atoms with E-state index >= 15 is 0 Å². The van der Waals surface area contributed by atoms with Crippen LogP contribution in [0, 0.1) is 0 Å². The van der Waals surface area contributed by atoms with Crippen molar-refractivity contribution in [3.8, 4) is 0 Å². The van der Waals surface area contributed by atoms with Gasteiger partial charge in [0.2, 0.25) is 0 Å². The summed E-state index contributed by atoms with van der Waals surface area (Å²) in [6, 6.07) is 15.3. The molecule has 1 aliphatic heterocycles. The molecule has 3 aromatic rings. The van der Waals surface area contributed by atoms with Crippen molar-refractivity contribution in [3.05, 3.63) is 48.0 Å². The lowest BCUT2D eigenvalue weighted by molar-refractivity contribution is 0.233. The standard InChI is InChI=1S/C17H19N3/c1-2-4-16-14(3-1)15-11-13(5-6-17(15)19-16)12-20-9-7-18-8-10-20/h1-6,11,18-19H,7-10,12H2. The van der Waals surface area contributed by atoms with E-state index in [0.29, 0.717) is 0 Å². The van der Waals surface area contributed by atoms with Gasteiger partial charge in [0.25, 0.3) is 0 Å². The number of fused-ring (bicyclic) bond motifs is 3. The average molecular weight is 265 g/mol.